The van der Waals surface area contributed by atoms with Gasteiger partial charge < -0.3 is 15.0 Å². The number of ether oxygens (including phenoxy) is 1. The smallest absolute Gasteiger partial charge is 0.197 e. The maximum atomic E-state index is 5.19. The summed E-state index contributed by atoms with van der Waals surface area (Å²) < 4.78 is 8.67. The summed E-state index contributed by atoms with van der Waals surface area (Å²) in [5.41, 5.74) is 4.49. The van der Waals surface area contributed by atoms with Crippen molar-refractivity contribution < 1.29 is 4.74 Å². The summed E-state index contributed by atoms with van der Waals surface area (Å²) in [4.78, 5) is 8.08. The van der Waals surface area contributed by atoms with E-state index in [1.165, 1.54) is 15.9 Å². The molecule has 0 atom stereocenters. The quantitative estimate of drug-likeness (QED) is 0.471. The number of rotatable bonds is 7. The van der Waals surface area contributed by atoms with Crippen molar-refractivity contribution in [2.45, 2.75) is 6.42 Å². The van der Waals surface area contributed by atoms with Gasteiger partial charge in [-0.25, -0.2) is 4.98 Å². The minimum absolute atomic E-state index is 0.742. The molecule has 0 bridgehead atoms. The zero-order valence-electron chi connectivity index (χ0n) is 15.9. The molecular formula is C21H24N4OS. The first-order valence-electron chi connectivity index (χ1n) is 9.09. The first-order chi connectivity index (χ1) is 13.2. The molecule has 2 heterocycles. The number of nitrogens with one attached hydrogen (secondary N) is 1. The highest BCUT2D eigenvalue weighted by atomic mass is 32.1. The third-order valence-corrected chi connectivity index (χ3v) is 5.65. The fourth-order valence-electron chi connectivity index (χ4n) is 3.22. The molecule has 2 aromatic heterocycles. The molecule has 0 aliphatic carbocycles. The van der Waals surface area contributed by atoms with Crippen LogP contribution in [0.25, 0.3) is 26.4 Å². The highest BCUT2D eigenvalue weighted by molar-refractivity contribution is 7.23. The molecule has 0 saturated carbocycles. The molecule has 0 amide bonds. The first-order valence-corrected chi connectivity index (χ1v) is 9.91. The van der Waals surface area contributed by atoms with Crippen molar-refractivity contribution >= 4 is 38.0 Å². The fourth-order valence-corrected chi connectivity index (χ4v) is 4.25. The molecule has 140 valence electrons. The summed E-state index contributed by atoms with van der Waals surface area (Å²) in [6.45, 7) is 1.58. The lowest BCUT2D eigenvalue weighted by Crippen LogP contribution is -2.08. The maximum absolute atomic E-state index is 5.19. The Hall–Kier alpha value is -2.57. The van der Waals surface area contributed by atoms with Crippen LogP contribution in [-0.4, -0.2) is 43.7 Å². The minimum atomic E-state index is 0.742. The van der Waals surface area contributed by atoms with E-state index in [0.717, 1.165) is 41.6 Å². The van der Waals surface area contributed by atoms with Crippen LogP contribution in [0.1, 0.15) is 6.42 Å². The molecule has 27 heavy (non-hydrogen) atoms. The third kappa shape index (κ3) is 3.38. The average Bonchev–Trinajstić information content (AvgIpc) is 3.21. The summed E-state index contributed by atoms with van der Waals surface area (Å²) in [5.74, 6) is 1.05. The number of nitrogens with zero attached hydrogens (tertiary/aromatic N) is 3. The molecule has 0 spiro atoms. The van der Waals surface area contributed by atoms with E-state index >= 15 is 0 Å². The van der Waals surface area contributed by atoms with Gasteiger partial charge in [0.1, 0.15) is 11.5 Å². The Morgan fingerprint density at radius 3 is 2.63 bits per heavy atom. The Kier molecular flexibility index (Phi) is 5.01. The van der Waals surface area contributed by atoms with Crippen LogP contribution in [0.5, 0.6) is 0 Å². The Bertz CT molecular complexity index is 1050. The predicted molar refractivity (Wildman–Crippen MR) is 115 cm³/mol. The lowest BCUT2D eigenvalue weighted by Gasteiger charge is -2.13. The zero-order chi connectivity index (χ0) is 18.8. The number of benzene rings is 2. The van der Waals surface area contributed by atoms with Crippen LogP contribution in [0.3, 0.4) is 0 Å². The highest BCUT2D eigenvalue weighted by Crippen LogP contribution is 2.36. The van der Waals surface area contributed by atoms with E-state index in [4.69, 9.17) is 9.72 Å². The van der Waals surface area contributed by atoms with Crippen molar-refractivity contribution in [2.24, 2.45) is 0 Å². The number of fused-ring (bicyclic) bond motifs is 3. The van der Waals surface area contributed by atoms with Gasteiger partial charge in [-0.05, 0) is 30.7 Å². The minimum Gasteiger partial charge on any atom is -0.385 e. The van der Waals surface area contributed by atoms with E-state index in [0.29, 0.717) is 0 Å². The molecule has 0 aliphatic heterocycles. The van der Waals surface area contributed by atoms with Gasteiger partial charge in [-0.1, -0.05) is 35.6 Å². The van der Waals surface area contributed by atoms with Crippen LogP contribution in [0.2, 0.25) is 0 Å². The van der Waals surface area contributed by atoms with Crippen molar-refractivity contribution in [3.05, 3.63) is 48.5 Å². The number of anilines is 2. The molecule has 4 rings (SSSR count). The van der Waals surface area contributed by atoms with E-state index in [2.05, 4.69) is 77.2 Å². The standard InChI is InChI=1S/C21H24N4OS/c1-24(2)16-11-9-15(10-12-16)19-20(22-13-6-14-26-3)25-17-7-4-5-8-18(17)27-21(25)23-19/h4-5,7-12,22H,6,13-14H2,1-3H3. The number of aromatic nitrogens is 2. The van der Waals surface area contributed by atoms with Gasteiger partial charge in [-0.2, -0.15) is 0 Å². The molecule has 0 unspecified atom stereocenters. The van der Waals surface area contributed by atoms with E-state index in [1.54, 1.807) is 18.4 Å². The largest absolute Gasteiger partial charge is 0.385 e. The Morgan fingerprint density at radius 1 is 1.11 bits per heavy atom. The molecule has 0 aliphatic rings. The fraction of sp³-hybridized carbons (Fsp3) is 0.286. The number of hydrogen-bond donors (Lipinski definition) is 1. The van der Waals surface area contributed by atoms with E-state index in [9.17, 15) is 0 Å². The van der Waals surface area contributed by atoms with Crippen molar-refractivity contribution in [2.75, 3.05) is 44.6 Å². The van der Waals surface area contributed by atoms with Crippen molar-refractivity contribution in [1.29, 1.82) is 0 Å². The molecule has 0 radical (unpaired) electrons. The van der Waals surface area contributed by atoms with Gasteiger partial charge in [0.2, 0.25) is 0 Å². The topological polar surface area (TPSA) is 41.8 Å². The Labute approximate surface area is 163 Å². The van der Waals surface area contributed by atoms with Crippen LogP contribution in [0.4, 0.5) is 11.5 Å². The van der Waals surface area contributed by atoms with Gasteiger partial charge in [0.15, 0.2) is 4.96 Å². The van der Waals surface area contributed by atoms with Gasteiger partial charge >= 0.3 is 0 Å². The number of imidazole rings is 1. The van der Waals surface area contributed by atoms with Crippen LogP contribution >= 0.6 is 11.3 Å². The molecular weight excluding hydrogens is 356 g/mol. The highest BCUT2D eigenvalue weighted by Gasteiger charge is 2.18. The summed E-state index contributed by atoms with van der Waals surface area (Å²) in [6, 6.07) is 17.0. The third-order valence-electron chi connectivity index (χ3n) is 4.63. The summed E-state index contributed by atoms with van der Waals surface area (Å²) in [7, 11) is 5.84. The van der Waals surface area contributed by atoms with Gasteiger partial charge in [0.05, 0.1) is 10.2 Å². The van der Waals surface area contributed by atoms with Gasteiger partial charge in [0.25, 0.3) is 0 Å². The Morgan fingerprint density at radius 2 is 1.89 bits per heavy atom. The number of methoxy groups -OCH3 is 1. The van der Waals surface area contributed by atoms with Crippen LogP contribution in [-0.2, 0) is 4.74 Å². The van der Waals surface area contributed by atoms with E-state index < -0.39 is 0 Å². The second kappa shape index (κ2) is 7.58. The molecule has 1 N–H and O–H groups in total. The number of thiazole rings is 1. The van der Waals surface area contributed by atoms with E-state index in [1.807, 2.05) is 0 Å². The van der Waals surface area contributed by atoms with Gasteiger partial charge in [-0.3, -0.25) is 4.40 Å². The zero-order valence-corrected chi connectivity index (χ0v) is 16.7. The van der Waals surface area contributed by atoms with Crippen LogP contribution in [0.15, 0.2) is 48.5 Å². The molecule has 0 saturated heterocycles. The maximum Gasteiger partial charge on any atom is 0.197 e. The van der Waals surface area contributed by atoms with Crippen LogP contribution < -0.4 is 10.2 Å². The molecule has 5 nitrogen and oxygen atoms in total. The second-order valence-electron chi connectivity index (χ2n) is 6.71. The van der Waals surface area contributed by atoms with Crippen molar-refractivity contribution in [1.82, 2.24) is 9.38 Å². The summed E-state index contributed by atoms with van der Waals surface area (Å²) in [6.07, 6.45) is 0.949. The molecule has 2 aromatic carbocycles. The van der Waals surface area contributed by atoms with Gasteiger partial charge in [-0.15, -0.1) is 0 Å². The second-order valence-corrected chi connectivity index (χ2v) is 7.72. The SMILES string of the molecule is COCCCNc1c(-c2ccc(N(C)C)cc2)nc2sc3ccccc3n12. The summed E-state index contributed by atoms with van der Waals surface area (Å²) in [5, 5.41) is 3.60. The van der Waals surface area contributed by atoms with Gasteiger partial charge in [0, 0.05) is 45.6 Å². The van der Waals surface area contributed by atoms with Crippen molar-refractivity contribution in [3.63, 3.8) is 0 Å². The lowest BCUT2D eigenvalue weighted by molar-refractivity contribution is 0.198. The molecule has 4 aromatic rings. The number of para-hydroxylation sites is 1. The van der Waals surface area contributed by atoms with Crippen molar-refractivity contribution in [3.8, 4) is 11.3 Å². The lowest BCUT2D eigenvalue weighted by atomic mass is 10.1. The number of hydrogen-bond acceptors (Lipinski definition) is 5. The predicted octanol–water partition coefficient (Wildman–Crippen LogP) is 4.73. The Balaban J connectivity index is 1.80. The molecule has 0 fully saturated rings. The van der Waals surface area contributed by atoms with Crippen LogP contribution in [0, 0.1) is 0 Å². The summed E-state index contributed by atoms with van der Waals surface area (Å²) >= 11 is 1.72. The normalized spacial score (nSPS) is 11.4. The molecule has 6 heteroatoms. The first kappa shape index (κ1) is 17.8. The monoisotopic (exact) mass is 380 g/mol. The average molecular weight is 381 g/mol. The van der Waals surface area contributed by atoms with E-state index in [-0.39, 0.29) is 0 Å².